The zero-order chi connectivity index (χ0) is 24.4. The van der Waals surface area contributed by atoms with Gasteiger partial charge in [0.2, 0.25) is 0 Å². The van der Waals surface area contributed by atoms with Gasteiger partial charge in [0, 0.05) is 19.8 Å². The fourth-order valence-corrected chi connectivity index (χ4v) is 6.04. The lowest BCUT2D eigenvalue weighted by Gasteiger charge is -2.10. The predicted molar refractivity (Wildman–Crippen MR) is 130 cm³/mol. The maximum atomic E-state index is 14.8. The molecule has 2 heterocycles. The van der Waals surface area contributed by atoms with Gasteiger partial charge in [-0.05, 0) is 54.3 Å². The van der Waals surface area contributed by atoms with Gasteiger partial charge in [-0.1, -0.05) is 37.3 Å². The summed E-state index contributed by atoms with van der Waals surface area (Å²) in [5, 5.41) is 11.4. The molecule has 2 aromatic heterocycles. The number of hydrogen-bond acceptors (Lipinski definition) is 4. The van der Waals surface area contributed by atoms with Gasteiger partial charge in [0.1, 0.15) is 23.3 Å². The summed E-state index contributed by atoms with van der Waals surface area (Å²) in [6, 6.07) is 7.49. The third-order valence-electron chi connectivity index (χ3n) is 5.32. The van der Waals surface area contributed by atoms with Gasteiger partial charge >= 0.3 is 0 Å². The van der Waals surface area contributed by atoms with Crippen molar-refractivity contribution in [3.8, 4) is 22.3 Å². The lowest BCUT2D eigenvalue weighted by molar-refractivity contribution is 0.321. The highest BCUT2D eigenvalue weighted by Gasteiger charge is 2.19. The second-order valence-electron chi connectivity index (χ2n) is 7.59. The van der Waals surface area contributed by atoms with Crippen LogP contribution in [0.4, 0.5) is 17.6 Å². The molecule has 8 heteroatoms. The molecule has 0 saturated heterocycles. The van der Waals surface area contributed by atoms with Crippen molar-refractivity contribution in [2.24, 2.45) is 5.16 Å². The van der Waals surface area contributed by atoms with E-state index in [4.69, 9.17) is 5.21 Å². The van der Waals surface area contributed by atoms with E-state index in [1.165, 1.54) is 40.9 Å². The Hall–Kier alpha value is -3.15. The van der Waals surface area contributed by atoms with Crippen molar-refractivity contribution in [1.29, 1.82) is 0 Å². The van der Waals surface area contributed by atoms with Crippen molar-refractivity contribution in [3.05, 3.63) is 80.7 Å². The Labute approximate surface area is 202 Å². The molecular weight excluding hydrogens is 482 g/mol. The Balaban J connectivity index is 1.68. The summed E-state index contributed by atoms with van der Waals surface area (Å²) in [5.74, 6) is 2.49. The normalized spacial score (nSPS) is 11.4. The molecule has 34 heavy (non-hydrogen) atoms. The van der Waals surface area contributed by atoms with Crippen molar-refractivity contribution in [2.45, 2.75) is 33.1 Å². The second-order valence-corrected chi connectivity index (χ2v) is 9.76. The predicted octanol–water partition coefficient (Wildman–Crippen LogP) is 7.91. The first-order valence-electron chi connectivity index (χ1n) is 10.6. The number of rotatable bonds is 5. The molecule has 1 N–H and O–H groups in total. The van der Waals surface area contributed by atoms with Gasteiger partial charge < -0.3 is 5.21 Å². The van der Waals surface area contributed by atoms with Gasteiger partial charge in [-0.15, -0.1) is 22.7 Å². The van der Waals surface area contributed by atoms with Gasteiger partial charge in [-0.25, -0.2) is 17.6 Å². The Morgan fingerprint density at radius 1 is 0.912 bits per heavy atom. The van der Waals surface area contributed by atoms with Crippen LogP contribution < -0.4 is 0 Å². The topological polar surface area (TPSA) is 32.6 Å². The molecule has 0 aliphatic carbocycles. The number of oxime groups is 1. The van der Waals surface area contributed by atoms with Crippen LogP contribution in [0.1, 0.15) is 47.4 Å². The fourth-order valence-electron chi connectivity index (χ4n) is 3.75. The monoisotopic (exact) mass is 501 g/mol. The molecule has 2 nitrogen and oxygen atoms in total. The first kappa shape index (κ1) is 24.0. The number of nitrogens with zero attached hydrogens (tertiary/aromatic N) is 1. The highest BCUT2D eigenvalue weighted by Crippen LogP contribution is 2.40. The molecule has 0 aliphatic heterocycles. The van der Waals surface area contributed by atoms with E-state index in [-0.39, 0.29) is 11.1 Å². The number of benzene rings is 2. The summed E-state index contributed by atoms with van der Waals surface area (Å²) in [6.45, 7) is 3.70. The van der Waals surface area contributed by atoms with E-state index in [0.717, 1.165) is 22.0 Å². The van der Waals surface area contributed by atoms with E-state index in [1.54, 1.807) is 13.0 Å². The highest BCUT2D eigenvalue weighted by molar-refractivity contribution is 7.29. The summed E-state index contributed by atoms with van der Waals surface area (Å²) in [7, 11) is 0. The zero-order valence-corrected chi connectivity index (χ0v) is 19.9. The first-order valence-corrected chi connectivity index (χ1v) is 12.2. The van der Waals surface area contributed by atoms with Crippen LogP contribution >= 0.6 is 22.7 Å². The van der Waals surface area contributed by atoms with Crippen LogP contribution in [0.3, 0.4) is 0 Å². The van der Waals surface area contributed by atoms with E-state index >= 15 is 0 Å². The minimum absolute atomic E-state index is 0.262. The van der Waals surface area contributed by atoms with Crippen LogP contribution in [-0.4, -0.2) is 11.4 Å². The van der Waals surface area contributed by atoms with Gasteiger partial charge in [0.25, 0.3) is 0 Å². The average Bonchev–Trinajstić information content (AvgIpc) is 3.35. The molecule has 4 rings (SSSR count). The summed E-state index contributed by atoms with van der Waals surface area (Å²) in [6.07, 6.45) is 2.45. The summed E-state index contributed by atoms with van der Waals surface area (Å²) >= 11 is 2.69. The second kappa shape index (κ2) is 10.00. The van der Waals surface area contributed by atoms with Crippen LogP contribution in [-0.2, 0) is 12.8 Å². The van der Waals surface area contributed by atoms with Crippen LogP contribution in [0, 0.1) is 35.1 Å². The number of hydrogen-bond donors (Lipinski definition) is 1. The minimum Gasteiger partial charge on any atom is -0.411 e. The quantitative estimate of drug-likeness (QED) is 0.0974. The van der Waals surface area contributed by atoms with Crippen molar-refractivity contribution in [2.75, 3.05) is 0 Å². The average molecular weight is 502 g/mol. The Morgan fingerprint density at radius 2 is 1.62 bits per heavy atom. The number of fused-ring (bicyclic) bond motifs is 1. The van der Waals surface area contributed by atoms with Crippen molar-refractivity contribution >= 4 is 38.3 Å². The summed E-state index contributed by atoms with van der Waals surface area (Å²) < 4.78 is 59.6. The van der Waals surface area contributed by atoms with E-state index in [2.05, 4.69) is 17.0 Å². The zero-order valence-electron chi connectivity index (χ0n) is 18.3. The first-order chi connectivity index (χ1) is 16.4. The Kier molecular flexibility index (Phi) is 7.05. The van der Waals surface area contributed by atoms with Crippen LogP contribution in [0.25, 0.3) is 19.8 Å². The molecule has 0 bridgehead atoms. The Morgan fingerprint density at radius 3 is 2.24 bits per heavy atom. The van der Waals surface area contributed by atoms with Crippen molar-refractivity contribution in [1.82, 2.24) is 0 Å². The van der Waals surface area contributed by atoms with Crippen LogP contribution in [0.2, 0.25) is 0 Å². The van der Waals surface area contributed by atoms with Crippen LogP contribution in [0.5, 0.6) is 0 Å². The van der Waals surface area contributed by atoms with E-state index in [0.29, 0.717) is 39.3 Å². The lowest BCUT2D eigenvalue weighted by atomic mass is 9.99. The number of thiophene rings is 2. The molecule has 0 aliphatic rings. The minimum atomic E-state index is -0.820. The smallest absolute Gasteiger partial charge is 0.142 e. The molecule has 0 atom stereocenters. The molecule has 4 aromatic rings. The maximum absolute atomic E-state index is 14.8. The van der Waals surface area contributed by atoms with E-state index in [1.807, 2.05) is 13.0 Å². The molecule has 174 valence electrons. The molecule has 0 radical (unpaired) electrons. The number of halogens is 4. The standard InChI is InChI=1S/C26H19F4NOS2/c1-3-5-14-8-20(27)17(21(28)9-14)7-6-15-10-24-25(33-15)12-23(34-24)18-11-22(29)19(13-31-32)26(30)16(18)4-2/h8-13,32H,3-5H2,1-2H3/b31-13+. The van der Waals surface area contributed by atoms with Gasteiger partial charge in [0.05, 0.1) is 22.2 Å². The molecule has 0 fully saturated rings. The van der Waals surface area contributed by atoms with Crippen molar-refractivity contribution < 1.29 is 22.8 Å². The van der Waals surface area contributed by atoms with Gasteiger partial charge in [-0.2, -0.15) is 0 Å². The summed E-state index contributed by atoms with van der Waals surface area (Å²) in [5.41, 5.74) is 0.708. The largest absolute Gasteiger partial charge is 0.411 e. The lowest BCUT2D eigenvalue weighted by Crippen LogP contribution is -2.02. The summed E-state index contributed by atoms with van der Waals surface area (Å²) in [4.78, 5) is 1.32. The molecule has 0 saturated carbocycles. The highest BCUT2D eigenvalue weighted by atomic mass is 32.1. The molecule has 0 unspecified atom stereocenters. The fraction of sp³-hybridized carbons (Fsp3) is 0.192. The van der Waals surface area contributed by atoms with Crippen molar-refractivity contribution in [3.63, 3.8) is 0 Å². The SMILES string of the molecule is CCCc1cc(F)c(C#Cc2cc3sc(-c4cc(F)c(/C=N/O)c(F)c4CC)cc3s2)c(F)c1. The van der Waals surface area contributed by atoms with E-state index < -0.39 is 23.3 Å². The molecule has 0 amide bonds. The Bertz CT molecular complexity index is 1420. The molecule has 2 aromatic carbocycles. The van der Waals surface area contributed by atoms with Crippen LogP contribution in [0.15, 0.2) is 35.5 Å². The molecular formula is C26H19F4NOS2. The van der Waals surface area contributed by atoms with Gasteiger partial charge in [-0.3, -0.25) is 0 Å². The molecule has 0 spiro atoms. The number of aryl methyl sites for hydroxylation is 1. The van der Waals surface area contributed by atoms with E-state index in [9.17, 15) is 17.6 Å². The third kappa shape index (κ3) is 4.59. The third-order valence-corrected chi connectivity index (χ3v) is 7.56. The maximum Gasteiger partial charge on any atom is 0.142 e. The van der Waals surface area contributed by atoms with Gasteiger partial charge in [0.15, 0.2) is 0 Å².